The van der Waals surface area contributed by atoms with Crippen LogP contribution in [0, 0.1) is 16.0 Å². The molecule has 0 heterocycles. The van der Waals surface area contributed by atoms with Crippen LogP contribution in [0.3, 0.4) is 0 Å². The van der Waals surface area contributed by atoms with E-state index in [2.05, 4.69) is 0 Å². The molecule has 1 atom stereocenters. The Bertz CT molecular complexity index is 447. The van der Waals surface area contributed by atoms with Crippen LogP contribution in [0.1, 0.15) is 18.9 Å². The molecule has 0 aliphatic rings. The number of halogens is 1. The van der Waals surface area contributed by atoms with Crippen LogP contribution in [-0.2, 0) is 11.2 Å². The minimum absolute atomic E-state index is 0.0713. The summed E-state index contributed by atoms with van der Waals surface area (Å²) in [4.78, 5) is 21.2. The Morgan fingerprint density at radius 1 is 1.59 bits per heavy atom. The average Bonchev–Trinajstić information content (AvgIpc) is 2.26. The molecule has 0 aliphatic heterocycles. The van der Waals surface area contributed by atoms with Gasteiger partial charge in [0.25, 0.3) is 5.69 Å². The number of nitrogens with zero attached hydrogens (tertiary/aromatic N) is 1. The normalized spacial score (nSPS) is 12.1. The molecule has 17 heavy (non-hydrogen) atoms. The van der Waals surface area contributed by atoms with Crippen molar-refractivity contribution in [2.75, 3.05) is 0 Å². The molecule has 1 rings (SSSR count). The number of hydrogen-bond donors (Lipinski definition) is 1. The van der Waals surface area contributed by atoms with Crippen LogP contribution in [0.2, 0.25) is 5.02 Å². The summed E-state index contributed by atoms with van der Waals surface area (Å²) in [6, 6.07) is 4.33. The van der Waals surface area contributed by atoms with Gasteiger partial charge in [0.15, 0.2) is 0 Å². The fourth-order valence-electron chi connectivity index (χ4n) is 1.57. The van der Waals surface area contributed by atoms with Crippen molar-refractivity contribution in [3.63, 3.8) is 0 Å². The predicted molar refractivity (Wildman–Crippen MR) is 63.2 cm³/mol. The van der Waals surface area contributed by atoms with Crippen molar-refractivity contribution in [3.8, 4) is 0 Å². The topological polar surface area (TPSA) is 80.4 Å². The zero-order valence-corrected chi connectivity index (χ0v) is 9.98. The molecular formula is C11H12ClNO4. The number of carboxylic acids is 1. The molecule has 0 bridgehead atoms. The SMILES string of the molecule is CCC(Cc1c(Cl)cccc1[N+](=O)[O-])C(=O)O. The number of benzene rings is 1. The van der Waals surface area contributed by atoms with Crippen LogP contribution in [-0.4, -0.2) is 16.0 Å². The van der Waals surface area contributed by atoms with Crippen LogP contribution in [0.5, 0.6) is 0 Å². The van der Waals surface area contributed by atoms with Crippen LogP contribution in [0.15, 0.2) is 18.2 Å². The quantitative estimate of drug-likeness (QED) is 0.650. The van der Waals surface area contributed by atoms with E-state index in [1.807, 2.05) is 0 Å². The second kappa shape index (κ2) is 5.63. The highest BCUT2D eigenvalue weighted by atomic mass is 35.5. The number of aliphatic carboxylic acids is 1. The molecule has 0 saturated heterocycles. The Balaban J connectivity index is 3.12. The zero-order chi connectivity index (χ0) is 13.0. The molecule has 0 saturated carbocycles. The van der Waals surface area contributed by atoms with E-state index in [1.54, 1.807) is 6.92 Å². The van der Waals surface area contributed by atoms with E-state index in [1.165, 1.54) is 18.2 Å². The van der Waals surface area contributed by atoms with Gasteiger partial charge in [-0.3, -0.25) is 14.9 Å². The smallest absolute Gasteiger partial charge is 0.306 e. The highest BCUT2D eigenvalue weighted by Crippen LogP contribution is 2.29. The molecule has 92 valence electrons. The average molecular weight is 258 g/mol. The fraction of sp³-hybridized carbons (Fsp3) is 0.364. The first-order valence-corrected chi connectivity index (χ1v) is 5.49. The van der Waals surface area contributed by atoms with Gasteiger partial charge in [-0.15, -0.1) is 0 Å². The highest BCUT2D eigenvalue weighted by molar-refractivity contribution is 6.31. The van der Waals surface area contributed by atoms with Crippen LogP contribution in [0.25, 0.3) is 0 Å². The third-order valence-corrected chi connectivity index (χ3v) is 2.94. The van der Waals surface area contributed by atoms with Crippen LogP contribution < -0.4 is 0 Å². The van der Waals surface area contributed by atoms with Gasteiger partial charge in [-0.25, -0.2) is 0 Å². The van der Waals surface area contributed by atoms with E-state index in [0.29, 0.717) is 6.42 Å². The van der Waals surface area contributed by atoms with Gasteiger partial charge in [0.05, 0.1) is 15.9 Å². The Labute approximate surface area is 103 Å². The molecule has 0 amide bonds. The molecule has 0 radical (unpaired) electrons. The summed E-state index contributed by atoms with van der Waals surface area (Å²) in [5.41, 5.74) is 0.158. The molecule has 5 nitrogen and oxygen atoms in total. The largest absolute Gasteiger partial charge is 0.481 e. The number of hydrogen-bond acceptors (Lipinski definition) is 3. The molecule has 1 aromatic rings. The van der Waals surface area contributed by atoms with Crippen LogP contribution in [0.4, 0.5) is 5.69 Å². The lowest BCUT2D eigenvalue weighted by Crippen LogP contribution is -2.16. The second-order valence-electron chi connectivity index (χ2n) is 3.64. The monoisotopic (exact) mass is 257 g/mol. The molecule has 1 unspecified atom stereocenters. The molecule has 0 aromatic heterocycles. The lowest BCUT2D eigenvalue weighted by atomic mass is 9.96. The number of carboxylic acid groups (broad SMARTS) is 1. The van der Waals surface area contributed by atoms with E-state index in [9.17, 15) is 14.9 Å². The summed E-state index contributed by atoms with van der Waals surface area (Å²) in [7, 11) is 0. The first-order valence-electron chi connectivity index (χ1n) is 5.12. The van der Waals surface area contributed by atoms with Gasteiger partial charge in [0.1, 0.15) is 0 Å². The van der Waals surface area contributed by atoms with Crippen molar-refractivity contribution in [1.82, 2.24) is 0 Å². The minimum Gasteiger partial charge on any atom is -0.481 e. The lowest BCUT2D eigenvalue weighted by Gasteiger charge is -2.11. The van der Waals surface area contributed by atoms with E-state index >= 15 is 0 Å². The number of nitro benzene ring substituents is 1. The van der Waals surface area contributed by atoms with Crippen molar-refractivity contribution in [2.45, 2.75) is 19.8 Å². The Morgan fingerprint density at radius 2 is 2.24 bits per heavy atom. The van der Waals surface area contributed by atoms with Gasteiger partial charge in [0.2, 0.25) is 0 Å². The Morgan fingerprint density at radius 3 is 2.71 bits per heavy atom. The molecule has 1 N–H and O–H groups in total. The number of rotatable bonds is 5. The zero-order valence-electron chi connectivity index (χ0n) is 9.22. The van der Waals surface area contributed by atoms with E-state index in [0.717, 1.165) is 0 Å². The molecule has 0 fully saturated rings. The van der Waals surface area contributed by atoms with E-state index < -0.39 is 16.8 Å². The molecule has 0 aliphatic carbocycles. The second-order valence-corrected chi connectivity index (χ2v) is 4.05. The third-order valence-electron chi connectivity index (χ3n) is 2.58. The summed E-state index contributed by atoms with van der Waals surface area (Å²) in [6.45, 7) is 1.72. The maximum atomic E-state index is 10.9. The Kier molecular flexibility index (Phi) is 4.45. The lowest BCUT2D eigenvalue weighted by molar-refractivity contribution is -0.385. The third kappa shape index (κ3) is 3.17. The fourth-order valence-corrected chi connectivity index (χ4v) is 1.82. The van der Waals surface area contributed by atoms with Gasteiger partial charge < -0.3 is 5.11 Å². The Hall–Kier alpha value is -1.62. The standard InChI is InChI=1S/C11H12ClNO4/c1-2-7(11(14)15)6-8-9(12)4-3-5-10(8)13(16)17/h3-5,7H,2,6H2,1H3,(H,14,15). The summed E-state index contributed by atoms with van der Waals surface area (Å²) in [6.07, 6.45) is 0.472. The van der Waals surface area contributed by atoms with Gasteiger partial charge >= 0.3 is 5.97 Å². The molecular weight excluding hydrogens is 246 g/mol. The summed E-state index contributed by atoms with van der Waals surface area (Å²) in [5.74, 6) is -1.63. The van der Waals surface area contributed by atoms with Gasteiger partial charge in [-0.05, 0) is 18.9 Å². The van der Waals surface area contributed by atoms with Crippen molar-refractivity contribution >= 4 is 23.3 Å². The van der Waals surface area contributed by atoms with Gasteiger partial charge in [0, 0.05) is 11.6 Å². The molecule has 0 spiro atoms. The van der Waals surface area contributed by atoms with Crippen molar-refractivity contribution in [2.24, 2.45) is 5.92 Å². The maximum absolute atomic E-state index is 10.9. The van der Waals surface area contributed by atoms with E-state index in [4.69, 9.17) is 16.7 Å². The van der Waals surface area contributed by atoms with Crippen molar-refractivity contribution in [1.29, 1.82) is 0 Å². The molecule has 6 heteroatoms. The maximum Gasteiger partial charge on any atom is 0.306 e. The first kappa shape index (κ1) is 13.4. The summed E-state index contributed by atoms with van der Waals surface area (Å²) >= 11 is 5.88. The number of carbonyl (C=O) groups is 1. The van der Waals surface area contributed by atoms with Gasteiger partial charge in [-0.2, -0.15) is 0 Å². The first-order chi connectivity index (χ1) is 7.97. The van der Waals surface area contributed by atoms with E-state index in [-0.39, 0.29) is 22.7 Å². The minimum atomic E-state index is -0.971. The van der Waals surface area contributed by atoms with Crippen LogP contribution >= 0.6 is 11.6 Å². The van der Waals surface area contributed by atoms with Gasteiger partial charge in [-0.1, -0.05) is 24.6 Å². The summed E-state index contributed by atoms with van der Waals surface area (Å²) in [5, 5.41) is 20.0. The summed E-state index contributed by atoms with van der Waals surface area (Å²) < 4.78 is 0. The molecule has 1 aromatic carbocycles. The number of nitro groups is 1. The van der Waals surface area contributed by atoms with Crippen molar-refractivity contribution < 1.29 is 14.8 Å². The predicted octanol–water partition coefficient (Wildman–Crippen LogP) is 2.90. The highest BCUT2D eigenvalue weighted by Gasteiger charge is 2.23. The van der Waals surface area contributed by atoms with Crippen molar-refractivity contribution in [3.05, 3.63) is 38.9 Å².